The first-order valence-corrected chi connectivity index (χ1v) is 8.07. The zero-order valence-corrected chi connectivity index (χ0v) is 12.9. The molecule has 22 heavy (non-hydrogen) atoms. The Morgan fingerprint density at radius 1 is 1.09 bits per heavy atom. The predicted molar refractivity (Wildman–Crippen MR) is 91.0 cm³/mol. The number of imidazole rings is 1. The van der Waals surface area contributed by atoms with Gasteiger partial charge in [0.2, 0.25) is 0 Å². The van der Waals surface area contributed by atoms with Crippen molar-refractivity contribution in [1.82, 2.24) is 9.38 Å². The van der Waals surface area contributed by atoms with Crippen LogP contribution >= 0.6 is 0 Å². The Kier molecular flexibility index (Phi) is 3.14. The minimum absolute atomic E-state index is 0.591. The van der Waals surface area contributed by atoms with Crippen LogP contribution in [-0.4, -0.2) is 9.38 Å². The summed E-state index contributed by atoms with van der Waals surface area (Å²) in [6.45, 7) is 2.11. The minimum atomic E-state index is 0.591. The van der Waals surface area contributed by atoms with Crippen molar-refractivity contribution in [3.63, 3.8) is 0 Å². The van der Waals surface area contributed by atoms with Gasteiger partial charge in [-0.2, -0.15) is 0 Å². The standard InChI is InChI=1S/C19H21N3/c1-13-8-10-14(11-9-13)17-18(15-5-2-3-6-15)22-12-4-7-16(20)19(22)21-17/h4,7-12,15H,2-3,5-6,20H2,1H3. The van der Waals surface area contributed by atoms with Gasteiger partial charge in [0.05, 0.1) is 17.1 Å². The fourth-order valence-corrected chi connectivity index (χ4v) is 3.62. The van der Waals surface area contributed by atoms with Gasteiger partial charge in [0.25, 0.3) is 0 Å². The molecule has 1 aliphatic carbocycles. The molecule has 0 bridgehead atoms. The van der Waals surface area contributed by atoms with Crippen LogP contribution in [-0.2, 0) is 0 Å². The number of aromatic nitrogens is 2. The van der Waals surface area contributed by atoms with Crippen molar-refractivity contribution in [3.05, 3.63) is 53.9 Å². The summed E-state index contributed by atoms with van der Waals surface area (Å²) in [6.07, 6.45) is 7.23. The molecule has 1 aromatic carbocycles. The van der Waals surface area contributed by atoms with E-state index in [1.54, 1.807) is 0 Å². The van der Waals surface area contributed by atoms with Gasteiger partial charge in [-0.3, -0.25) is 0 Å². The molecule has 2 aromatic heterocycles. The van der Waals surface area contributed by atoms with Gasteiger partial charge in [-0.25, -0.2) is 4.98 Å². The zero-order valence-electron chi connectivity index (χ0n) is 12.9. The average Bonchev–Trinajstić information content (AvgIpc) is 3.15. The molecule has 0 aliphatic heterocycles. The van der Waals surface area contributed by atoms with Crippen molar-refractivity contribution in [2.45, 2.75) is 38.5 Å². The number of pyridine rings is 1. The van der Waals surface area contributed by atoms with E-state index in [0.717, 1.165) is 17.0 Å². The van der Waals surface area contributed by atoms with Crippen molar-refractivity contribution in [1.29, 1.82) is 0 Å². The molecule has 0 atom stereocenters. The van der Waals surface area contributed by atoms with E-state index < -0.39 is 0 Å². The first kappa shape index (κ1) is 13.4. The largest absolute Gasteiger partial charge is 0.396 e. The lowest BCUT2D eigenvalue weighted by Crippen LogP contribution is -2.01. The van der Waals surface area contributed by atoms with Gasteiger partial charge in [-0.1, -0.05) is 42.7 Å². The molecule has 4 rings (SSSR count). The summed E-state index contributed by atoms with van der Waals surface area (Å²) in [5, 5.41) is 0. The lowest BCUT2D eigenvalue weighted by molar-refractivity contribution is 0.692. The van der Waals surface area contributed by atoms with E-state index in [2.05, 4.69) is 41.8 Å². The van der Waals surface area contributed by atoms with E-state index >= 15 is 0 Å². The quantitative estimate of drug-likeness (QED) is 0.752. The summed E-state index contributed by atoms with van der Waals surface area (Å²) < 4.78 is 2.21. The molecule has 1 fully saturated rings. The number of benzene rings is 1. The lowest BCUT2D eigenvalue weighted by atomic mass is 9.98. The Balaban J connectivity index is 1.97. The smallest absolute Gasteiger partial charge is 0.160 e. The molecule has 0 saturated heterocycles. The normalized spacial score (nSPS) is 15.7. The van der Waals surface area contributed by atoms with E-state index in [1.807, 2.05) is 12.1 Å². The van der Waals surface area contributed by atoms with E-state index in [-0.39, 0.29) is 0 Å². The Morgan fingerprint density at radius 2 is 1.82 bits per heavy atom. The molecule has 2 N–H and O–H groups in total. The number of hydrogen-bond donors (Lipinski definition) is 1. The second kappa shape index (κ2) is 5.16. The third-order valence-electron chi connectivity index (χ3n) is 4.78. The second-order valence-electron chi connectivity index (χ2n) is 6.35. The van der Waals surface area contributed by atoms with Crippen molar-refractivity contribution >= 4 is 11.3 Å². The molecule has 3 heteroatoms. The molecular formula is C19H21N3. The van der Waals surface area contributed by atoms with Gasteiger partial charge < -0.3 is 10.1 Å². The van der Waals surface area contributed by atoms with E-state index in [4.69, 9.17) is 10.7 Å². The fourth-order valence-electron chi connectivity index (χ4n) is 3.62. The molecule has 0 radical (unpaired) electrons. The number of nitrogens with two attached hydrogens (primary N) is 1. The molecule has 0 unspecified atom stereocenters. The Labute approximate surface area is 130 Å². The molecule has 1 saturated carbocycles. The van der Waals surface area contributed by atoms with E-state index in [1.165, 1.54) is 42.5 Å². The number of nitrogen functional groups attached to an aromatic ring is 1. The Hall–Kier alpha value is -2.29. The van der Waals surface area contributed by atoms with Crippen molar-refractivity contribution in [2.24, 2.45) is 0 Å². The number of anilines is 1. The first-order chi connectivity index (χ1) is 10.7. The second-order valence-corrected chi connectivity index (χ2v) is 6.35. The van der Waals surface area contributed by atoms with Crippen LogP contribution in [0.4, 0.5) is 5.69 Å². The maximum absolute atomic E-state index is 6.16. The summed E-state index contributed by atoms with van der Waals surface area (Å²) in [5.41, 5.74) is 12.7. The van der Waals surface area contributed by atoms with E-state index in [0.29, 0.717) is 5.92 Å². The molecule has 1 aliphatic rings. The highest BCUT2D eigenvalue weighted by atomic mass is 15.0. The summed E-state index contributed by atoms with van der Waals surface area (Å²) in [7, 11) is 0. The molecule has 0 amide bonds. The molecule has 3 nitrogen and oxygen atoms in total. The SMILES string of the molecule is Cc1ccc(-c2nc3c(N)cccn3c2C2CCCC2)cc1. The molecule has 2 heterocycles. The van der Waals surface area contributed by atoms with Gasteiger partial charge in [0.15, 0.2) is 5.65 Å². The Bertz CT molecular complexity index is 809. The van der Waals surface area contributed by atoms with Crippen molar-refractivity contribution < 1.29 is 0 Å². The van der Waals surface area contributed by atoms with Gasteiger partial charge >= 0.3 is 0 Å². The molecule has 112 valence electrons. The van der Waals surface area contributed by atoms with Gasteiger partial charge in [-0.15, -0.1) is 0 Å². The van der Waals surface area contributed by atoms with Crippen LogP contribution in [0.15, 0.2) is 42.6 Å². The topological polar surface area (TPSA) is 43.3 Å². The minimum Gasteiger partial charge on any atom is -0.396 e. The monoisotopic (exact) mass is 291 g/mol. The molecular weight excluding hydrogens is 270 g/mol. The van der Waals surface area contributed by atoms with Crippen LogP contribution in [0.1, 0.15) is 42.9 Å². The highest BCUT2D eigenvalue weighted by Crippen LogP contribution is 2.40. The predicted octanol–water partition coefficient (Wildman–Crippen LogP) is 4.55. The van der Waals surface area contributed by atoms with Gasteiger partial charge in [0.1, 0.15) is 0 Å². The number of hydrogen-bond acceptors (Lipinski definition) is 2. The number of fused-ring (bicyclic) bond motifs is 1. The molecule has 3 aromatic rings. The lowest BCUT2D eigenvalue weighted by Gasteiger charge is -2.12. The maximum atomic E-state index is 6.16. The number of nitrogens with zero attached hydrogens (tertiary/aromatic N) is 2. The highest BCUT2D eigenvalue weighted by Gasteiger charge is 2.25. The van der Waals surface area contributed by atoms with Crippen LogP contribution in [0.5, 0.6) is 0 Å². The van der Waals surface area contributed by atoms with Crippen molar-refractivity contribution in [3.8, 4) is 11.3 Å². The van der Waals surface area contributed by atoms with Crippen LogP contribution in [0.3, 0.4) is 0 Å². The third kappa shape index (κ3) is 2.08. The van der Waals surface area contributed by atoms with Crippen LogP contribution < -0.4 is 5.73 Å². The number of rotatable bonds is 2. The molecule has 0 spiro atoms. The van der Waals surface area contributed by atoms with Gasteiger partial charge in [-0.05, 0) is 31.9 Å². The zero-order chi connectivity index (χ0) is 15.1. The highest BCUT2D eigenvalue weighted by molar-refractivity contribution is 5.74. The van der Waals surface area contributed by atoms with Gasteiger partial charge in [0, 0.05) is 17.7 Å². The van der Waals surface area contributed by atoms with E-state index in [9.17, 15) is 0 Å². The summed E-state index contributed by atoms with van der Waals surface area (Å²) in [6, 6.07) is 12.6. The summed E-state index contributed by atoms with van der Waals surface area (Å²) in [5.74, 6) is 0.591. The van der Waals surface area contributed by atoms with Crippen molar-refractivity contribution in [2.75, 3.05) is 5.73 Å². The maximum Gasteiger partial charge on any atom is 0.160 e. The number of aryl methyl sites for hydroxylation is 1. The average molecular weight is 291 g/mol. The third-order valence-corrected chi connectivity index (χ3v) is 4.78. The first-order valence-electron chi connectivity index (χ1n) is 8.07. The summed E-state index contributed by atoms with van der Waals surface area (Å²) in [4.78, 5) is 4.89. The van der Waals surface area contributed by atoms with Crippen LogP contribution in [0.25, 0.3) is 16.9 Å². The summed E-state index contributed by atoms with van der Waals surface area (Å²) >= 11 is 0. The fraction of sp³-hybridized carbons (Fsp3) is 0.316. The Morgan fingerprint density at radius 3 is 2.55 bits per heavy atom. The van der Waals surface area contributed by atoms with Crippen LogP contribution in [0, 0.1) is 6.92 Å². The van der Waals surface area contributed by atoms with Crippen LogP contribution in [0.2, 0.25) is 0 Å².